The minimum Gasteiger partial charge on any atom is -0.115 e. The van der Waals surface area contributed by atoms with Crippen molar-refractivity contribution in [2.75, 3.05) is 0 Å². The molecular weight excluding hydrogens is 120 g/mol. The van der Waals surface area contributed by atoms with E-state index in [1.165, 1.54) is 0 Å². The lowest BCUT2D eigenvalue weighted by molar-refractivity contribution is 1.65. The maximum Gasteiger partial charge on any atom is 0.316 e. The quantitative estimate of drug-likeness (QED) is 0.357. The Morgan fingerprint density at radius 3 is 2.00 bits per heavy atom. The van der Waals surface area contributed by atoms with Crippen molar-refractivity contribution in [2.24, 2.45) is 0 Å². The van der Waals surface area contributed by atoms with Gasteiger partial charge in [0.25, 0.3) is 0 Å². The molecule has 0 aliphatic heterocycles. The fourth-order valence-corrected chi connectivity index (χ4v) is 0.534. The molecule has 0 fully saturated rings. The van der Waals surface area contributed by atoms with Crippen LogP contribution in [-0.2, 0) is 0 Å². The van der Waals surface area contributed by atoms with E-state index in [2.05, 4.69) is 5.92 Å². The molecule has 0 amide bonds. The van der Waals surface area contributed by atoms with Crippen molar-refractivity contribution in [3.05, 3.63) is 35.9 Å². The number of hydrogen-bond acceptors (Lipinski definition) is 0. The summed E-state index contributed by atoms with van der Waals surface area (Å²) in [6, 6.07) is 9.60. The Morgan fingerprint density at radius 1 is 1.11 bits per heavy atom. The molecule has 1 rings (SSSR count). The van der Waals surface area contributed by atoms with E-state index >= 15 is 0 Å². The molecule has 42 valence electrons. The molecule has 0 atom stereocenters. The summed E-state index contributed by atoms with van der Waals surface area (Å²) < 4.78 is 0. The second-order valence-electron chi connectivity index (χ2n) is 1.51. The minimum atomic E-state index is 0. The van der Waals surface area contributed by atoms with Gasteiger partial charge >= 0.3 is 23.1 Å². The van der Waals surface area contributed by atoms with Crippen LogP contribution in [0, 0.1) is 12.3 Å². The third-order valence-corrected chi connectivity index (χ3v) is 0.940. The summed E-state index contributed by atoms with van der Waals surface area (Å²) in [6.45, 7) is 0. The molecule has 0 spiro atoms. The monoisotopic (exact) mass is 128 g/mol. The highest BCUT2D eigenvalue weighted by Crippen LogP contribution is 1.92. The number of rotatable bonds is 0. The highest BCUT2D eigenvalue weighted by molar-refractivity contribution is 5.75. The summed E-state index contributed by atoms with van der Waals surface area (Å²) in [6.07, 6.45) is 5.10. The van der Waals surface area contributed by atoms with Crippen LogP contribution < -0.4 is 0 Å². The van der Waals surface area contributed by atoms with E-state index in [-0.39, 0.29) is 23.1 Å². The normalized spacial score (nSPS) is 7.00. The molecule has 0 nitrogen and oxygen atoms in total. The molecule has 0 radical (unpaired) electrons. The molecule has 0 aliphatic carbocycles. The van der Waals surface area contributed by atoms with Crippen molar-refractivity contribution in [3.63, 3.8) is 0 Å². The first-order valence-corrected chi connectivity index (χ1v) is 2.45. The Balaban J connectivity index is 0.000000640. The lowest BCUT2D eigenvalue weighted by Gasteiger charge is -1.82. The first-order chi connectivity index (χ1) is 3.93. The first kappa shape index (κ1) is 8.55. The largest absolute Gasteiger partial charge is 0.316 e. The van der Waals surface area contributed by atoms with Crippen molar-refractivity contribution in [3.8, 4) is 12.3 Å². The molecule has 0 N–H and O–H groups in total. The van der Waals surface area contributed by atoms with Gasteiger partial charge in [-0.3, -0.25) is 0 Å². The molecular formula is C8H8Mg. The maximum absolute atomic E-state index is 5.10. The van der Waals surface area contributed by atoms with Crippen LogP contribution in [0.4, 0.5) is 0 Å². The Kier molecular flexibility index (Phi) is 4.20. The Bertz CT molecular complexity index is 196. The van der Waals surface area contributed by atoms with Crippen molar-refractivity contribution >= 4 is 23.1 Å². The van der Waals surface area contributed by atoms with Gasteiger partial charge in [0.2, 0.25) is 0 Å². The van der Waals surface area contributed by atoms with Gasteiger partial charge in [-0.1, -0.05) is 24.1 Å². The SMILES string of the molecule is C#Cc1ccccc1.[MgH2]. The second-order valence-corrected chi connectivity index (χ2v) is 1.51. The highest BCUT2D eigenvalue weighted by Gasteiger charge is 1.76. The van der Waals surface area contributed by atoms with Crippen LogP contribution in [0.15, 0.2) is 30.3 Å². The van der Waals surface area contributed by atoms with E-state index in [1.54, 1.807) is 0 Å². The summed E-state index contributed by atoms with van der Waals surface area (Å²) in [5.74, 6) is 2.53. The van der Waals surface area contributed by atoms with E-state index < -0.39 is 0 Å². The topological polar surface area (TPSA) is 0 Å². The Hall–Kier alpha value is -0.454. The molecule has 0 saturated heterocycles. The van der Waals surface area contributed by atoms with Crippen LogP contribution in [0.1, 0.15) is 5.56 Å². The van der Waals surface area contributed by atoms with Crippen LogP contribution in [0.3, 0.4) is 0 Å². The smallest absolute Gasteiger partial charge is 0.115 e. The molecule has 1 aromatic carbocycles. The van der Waals surface area contributed by atoms with E-state index in [4.69, 9.17) is 6.42 Å². The van der Waals surface area contributed by atoms with Crippen LogP contribution in [0.25, 0.3) is 0 Å². The molecule has 0 aliphatic rings. The van der Waals surface area contributed by atoms with Crippen molar-refractivity contribution in [1.29, 1.82) is 0 Å². The highest BCUT2D eigenvalue weighted by atomic mass is 24.3. The zero-order valence-electron chi connectivity index (χ0n) is 4.46. The van der Waals surface area contributed by atoms with Gasteiger partial charge in [-0.05, 0) is 12.1 Å². The minimum absolute atomic E-state index is 0. The Morgan fingerprint density at radius 2 is 1.67 bits per heavy atom. The van der Waals surface area contributed by atoms with Gasteiger partial charge in [-0.2, -0.15) is 0 Å². The van der Waals surface area contributed by atoms with Gasteiger partial charge in [-0.25, -0.2) is 0 Å². The maximum atomic E-state index is 5.10. The first-order valence-electron chi connectivity index (χ1n) is 2.45. The van der Waals surface area contributed by atoms with Crippen LogP contribution in [-0.4, -0.2) is 23.1 Å². The zero-order chi connectivity index (χ0) is 5.82. The van der Waals surface area contributed by atoms with Gasteiger partial charge in [0, 0.05) is 5.56 Å². The third kappa shape index (κ3) is 2.55. The molecule has 1 heteroatoms. The van der Waals surface area contributed by atoms with Gasteiger partial charge in [0.05, 0.1) is 0 Å². The van der Waals surface area contributed by atoms with Crippen LogP contribution in [0.5, 0.6) is 0 Å². The van der Waals surface area contributed by atoms with Crippen molar-refractivity contribution in [2.45, 2.75) is 0 Å². The van der Waals surface area contributed by atoms with E-state index in [1.807, 2.05) is 30.3 Å². The van der Waals surface area contributed by atoms with Gasteiger partial charge in [0.15, 0.2) is 0 Å². The lowest BCUT2D eigenvalue weighted by atomic mass is 10.2. The summed E-state index contributed by atoms with van der Waals surface area (Å²) >= 11 is 0. The molecule has 9 heavy (non-hydrogen) atoms. The van der Waals surface area contributed by atoms with Crippen LogP contribution in [0.2, 0.25) is 0 Å². The van der Waals surface area contributed by atoms with Crippen molar-refractivity contribution < 1.29 is 0 Å². The van der Waals surface area contributed by atoms with Gasteiger partial charge in [-0.15, -0.1) is 6.42 Å². The predicted molar refractivity (Wildman–Crippen MR) is 42.9 cm³/mol. The van der Waals surface area contributed by atoms with E-state index in [9.17, 15) is 0 Å². The van der Waals surface area contributed by atoms with Gasteiger partial charge in [0.1, 0.15) is 0 Å². The number of benzene rings is 1. The standard InChI is InChI=1S/C8H6.Mg.2H/c1-2-8-6-4-3-5-7-8;;;/h1,3-7H;;;. The fourth-order valence-electron chi connectivity index (χ4n) is 0.534. The molecule has 1 aromatic rings. The van der Waals surface area contributed by atoms with Crippen molar-refractivity contribution in [1.82, 2.24) is 0 Å². The zero-order valence-corrected chi connectivity index (χ0v) is 4.46. The Labute approximate surface area is 71.4 Å². The van der Waals surface area contributed by atoms with Gasteiger partial charge < -0.3 is 0 Å². The summed E-state index contributed by atoms with van der Waals surface area (Å²) in [5, 5.41) is 0. The molecule has 0 unspecified atom stereocenters. The number of terminal acetylenes is 1. The summed E-state index contributed by atoms with van der Waals surface area (Å²) in [5.41, 5.74) is 0.938. The average Bonchev–Trinajstić information content (AvgIpc) is 1.90. The lowest BCUT2D eigenvalue weighted by Crippen LogP contribution is -1.66. The summed E-state index contributed by atoms with van der Waals surface area (Å²) in [7, 11) is 0. The fraction of sp³-hybridized carbons (Fsp3) is 0. The molecule has 0 heterocycles. The molecule has 0 saturated carbocycles. The summed E-state index contributed by atoms with van der Waals surface area (Å²) in [4.78, 5) is 0. The van der Waals surface area contributed by atoms with Crippen LogP contribution >= 0.6 is 0 Å². The third-order valence-electron chi connectivity index (χ3n) is 0.940. The molecule has 0 aromatic heterocycles. The number of hydrogen-bond donors (Lipinski definition) is 0. The molecule has 0 bridgehead atoms. The van der Waals surface area contributed by atoms with E-state index in [0.717, 1.165) is 5.56 Å². The average molecular weight is 128 g/mol. The van der Waals surface area contributed by atoms with E-state index in [0.29, 0.717) is 0 Å². The second kappa shape index (κ2) is 4.43. The predicted octanol–water partition coefficient (Wildman–Crippen LogP) is 0.752.